The fourth-order valence-corrected chi connectivity index (χ4v) is 4.58. The van der Waals surface area contributed by atoms with Gasteiger partial charge in [0.1, 0.15) is 11.5 Å². The van der Waals surface area contributed by atoms with Crippen molar-refractivity contribution >= 4 is 23.2 Å². The van der Waals surface area contributed by atoms with Gasteiger partial charge >= 0.3 is 0 Å². The fraction of sp³-hybridized carbons (Fsp3) is 0.524. The van der Waals surface area contributed by atoms with Gasteiger partial charge in [-0.1, -0.05) is 23.7 Å². The molecule has 0 atom stereocenters. The predicted molar refractivity (Wildman–Crippen MR) is 110 cm³/mol. The van der Waals surface area contributed by atoms with Crippen LogP contribution in [0.5, 0.6) is 0 Å². The molecule has 8 heteroatoms. The minimum absolute atomic E-state index is 0.00493. The first-order valence-corrected chi connectivity index (χ1v) is 10.4. The lowest BCUT2D eigenvalue weighted by molar-refractivity contribution is -0.125. The zero-order chi connectivity index (χ0) is 20.5. The number of carbonyl (C=O) groups excluding carboxylic acids is 1. The summed E-state index contributed by atoms with van der Waals surface area (Å²) in [5, 5.41) is 8.65. The molecule has 0 spiro atoms. The van der Waals surface area contributed by atoms with E-state index in [2.05, 4.69) is 4.90 Å². The first-order valence-electron chi connectivity index (χ1n) is 10.1. The second kappa shape index (κ2) is 8.42. The van der Waals surface area contributed by atoms with Crippen molar-refractivity contribution in [2.45, 2.75) is 31.2 Å². The molecule has 1 aromatic rings. The van der Waals surface area contributed by atoms with Gasteiger partial charge < -0.3 is 15.4 Å². The van der Waals surface area contributed by atoms with Gasteiger partial charge in [-0.25, -0.2) is 4.39 Å². The molecule has 29 heavy (non-hydrogen) atoms. The van der Waals surface area contributed by atoms with Crippen LogP contribution in [0.1, 0.15) is 30.7 Å². The molecule has 0 aromatic heterocycles. The van der Waals surface area contributed by atoms with E-state index in [1.807, 2.05) is 6.07 Å². The minimum Gasteiger partial charge on any atom is -0.402 e. The quantitative estimate of drug-likeness (QED) is 0.733. The van der Waals surface area contributed by atoms with Crippen molar-refractivity contribution in [3.8, 4) is 0 Å². The van der Waals surface area contributed by atoms with Crippen LogP contribution in [0.2, 0.25) is 5.02 Å². The van der Waals surface area contributed by atoms with Crippen LogP contribution in [-0.2, 0) is 9.53 Å². The Morgan fingerprint density at radius 1 is 1.24 bits per heavy atom. The number of hydrogen-bond acceptors (Lipinski definition) is 5. The number of halogens is 2. The second-order valence-electron chi connectivity index (χ2n) is 8.00. The number of nitrogens with zero attached hydrogens (tertiary/aromatic N) is 2. The van der Waals surface area contributed by atoms with Crippen LogP contribution in [0.25, 0.3) is 0 Å². The van der Waals surface area contributed by atoms with Crippen molar-refractivity contribution in [3.63, 3.8) is 0 Å². The number of amides is 1. The van der Waals surface area contributed by atoms with Gasteiger partial charge in [0.15, 0.2) is 0 Å². The molecule has 3 aliphatic rings. The summed E-state index contributed by atoms with van der Waals surface area (Å²) < 4.78 is 19.0. The highest BCUT2D eigenvalue weighted by atomic mass is 35.5. The molecular formula is C21H26ClFN4O2. The van der Waals surface area contributed by atoms with Crippen LogP contribution in [0.3, 0.4) is 0 Å². The molecule has 3 heterocycles. The summed E-state index contributed by atoms with van der Waals surface area (Å²) in [6.45, 7) is 3.80. The second-order valence-corrected chi connectivity index (χ2v) is 8.38. The van der Waals surface area contributed by atoms with E-state index in [0.717, 1.165) is 12.1 Å². The normalized spacial score (nSPS) is 21.9. The maximum atomic E-state index is 13.8. The van der Waals surface area contributed by atoms with E-state index in [0.29, 0.717) is 69.4 Å². The molecule has 3 N–H and O–H groups in total. The van der Waals surface area contributed by atoms with Crippen LogP contribution in [0, 0.1) is 11.2 Å². The third-order valence-electron chi connectivity index (χ3n) is 6.27. The molecule has 0 saturated carbocycles. The zero-order valence-corrected chi connectivity index (χ0v) is 17.1. The lowest BCUT2D eigenvalue weighted by Gasteiger charge is -2.40. The van der Waals surface area contributed by atoms with Gasteiger partial charge in [-0.3, -0.25) is 15.1 Å². The average molecular weight is 421 g/mol. The molecule has 0 aliphatic carbocycles. The van der Waals surface area contributed by atoms with E-state index in [1.54, 1.807) is 11.0 Å². The summed E-state index contributed by atoms with van der Waals surface area (Å²) >= 11 is 6.13. The summed E-state index contributed by atoms with van der Waals surface area (Å²) in [5.41, 5.74) is 8.23. The topological polar surface area (TPSA) is 82.7 Å². The van der Waals surface area contributed by atoms with Crippen LogP contribution in [0.15, 0.2) is 29.5 Å². The molecule has 3 aliphatic heterocycles. The molecule has 0 bridgehead atoms. The van der Waals surface area contributed by atoms with Gasteiger partial charge in [-0.15, -0.1) is 0 Å². The van der Waals surface area contributed by atoms with Gasteiger partial charge in [0.05, 0.1) is 24.3 Å². The number of ether oxygens (including phenoxy) is 1. The number of nitrogens with one attached hydrogen (secondary N) is 1. The molecule has 0 radical (unpaired) electrons. The highest BCUT2D eigenvalue weighted by molar-refractivity contribution is 6.44. The number of nitrogens with two attached hydrogens (primary N) is 1. The van der Waals surface area contributed by atoms with Gasteiger partial charge in [-0.2, -0.15) is 0 Å². The van der Waals surface area contributed by atoms with Crippen molar-refractivity contribution in [3.05, 3.63) is 45.9 Å². The zero-order valence-electron chi connectivity index (χ0n) is 16.3. The number of likely N-dealkylation sites (tertiary alicyclic amines) is 1. The fourth-order valence-electron chi connectivity index (χ4n) is 4.30. The number of benzene rings is 1. The number of hydrogen-bond donors (Lipinski definition) is 2. The third-order valence-corrected chi connectivity index (χ3v) is 6.67. The molecule has 1 amide bonds. The molecule has 2 fully saturated rings. The van der Waals surface area contributed by atoms with E-state index >= 15 is 0 Å². The Hall–Kier alpha value is -1.96. The first-order chi connectivity index (χ1) is 14.0. The van der Waals surface area contributed by atoms with Gasteiger partial charge in [0.2, 0.25) is 0 Å². The summed E-state index contributed by atoms with van der Waals surface area (Å²) in [6, 6.07) is 5.23. The summed E-state index contributed by atoms with van der Waals surface area (Å²) in [6.07, 6.45) is 2.06. The van der Waals surface area contributed by atoms with E-state index in [-0.39, 0.29) is 22.6 Å². The Morgan fingerprint density at radius 2 is 1.97 bits per heavy atom. The van der Waals surface area contributed by atoms with Crippen molar-refractivity contribution in [2.75, 3.05) is 39.4 Å². The monoisotopic (exact) mass is 420 g/mol. The average Bonchev–Trinajstić information content (AvgIpc) is 2.69. The van der Waals surface area contributed by atoms with Gasteiger partial charge in [-0.05, 0) is 30.4 Å². The molecule has 4 rings (SSSR count). The molecule has 6 nitrogen and oxygen atoms in total. The van der Waals surface area contributed by atoms with Crippen molar-refractivity contribution in [1.82, 2.24) is 9.80 Å². The molecule has 2 saturated heterocycles. The Kier molecular flexibility index (Phi) is 5.90. The van der Waals surface area contributed by atoms with Crippen molar-refractivity contribution in [1.29, 1.82) is 5.41 Å². The smallest absolute Gasteiger partial charge is 0.272 e. The van der Waals surface area contributed by atoms with Crippen LogP contribution in [-0.4, -0.2) is 66.9 Å². The van der Waals surface area contributed by atoms with Gasteiger partial charge in [0.25, 0.3) is 5.91 Å². The summed E-state index contributed by atoms with van der Waals surface area (Å²) in [7, 11) is 0. The standard InChI is InChI=1S/C21H26ClFN4O2/c22-19-15(2-1-3-17(19)23)13-4-7-26(8-5-13)21(28)20(25)16-10-27(9-6-18(16)24)14-11-29-12-14/h1-3,13-14,25H,4-12,24H2. The lowest BCUT2D eigenvalue weighted by Crippen LogP contribution is -2.53. The third kappa shape index (κ3) is 4.04. The van der Waals surface area contributed by atoms with Gasteiger partial charge in [0, 0.05) is 43.9 Å². The number of carbonyl (C=O) groups is 1. The first kappa shape index (κ1) is 20.3. The van der Waals surface area contributed by atoms with E-state index in [4.69, 9.17) is 27.5 Å². The Labute approximate surface area is 174 Å². The molecular weight excluding hydrogens is 395 g/mol. The maximum Gasteiger partial charge on any atom is 0.272 e. The summed E-state index contributed by atoms with van der Waals surface area (Å²) in [4.78, 5) is 16.9. The Morgan fingerprint density at radius 3 is 2.62 bits per heavy atom. The maximum absolute atomic E-state index is 13.8. The lowest BCUT2D eigenvalue weighted by atomic mass is 9.89. The van der Waals surface area contributed by atoms with Crippen LogP contribution >= 0.6 is 11.6 Å². The van der Waals surface area contributed by atoms with Crippen LogP contribution < -0.4 is 5.73 Å². The highest BCUT2D eigenvalue weighted by Crippen LogP contribution is 2.34. The SMILES string of the molecule is N=C(C(=O)N1CCC(c2cccc(F)c2Cl)CC1)C1=C(N)CCN(C2COC2)C1. The largest absolute Gasteiger partial charge is 0.402 e. The van der Waals surface area contributed by atoms with Crippen LogP contribution in [0.4, 0.5) is 4.39 Å². The van der Waals surface area contributed by atoms with Crippen molar-refractivity contribution < 1.29 is 13.9 Å². The van der Waals surface area contributed by atoms with E-state index < -0.39 is 5.82 Å². The van der Waals surface area contributed by atoms with Crippen molar-refractivity contribution in [2.24, 2.45) is 5.73 Å². The molecule has 0 unspecified atom stereocenters. The van der Waals surface area contributed by atoms with E-state index in [9.17, 15) is 9.18 Å². The minimum atomic E-state index is -0.412. The predicted octanol–water partition coefficient (Wildman–Crippen LogP) is 2.52. The highest BCUT2D eigenvalue weighted by Gasteiger charge is 2.34. The molecule has 1 aromatic carbocycles. The summed E-state index contributed by atoms with van der Waals surface area (Å²) in [5.74, 6) is -0.575. The number of rotatable bonds is 4. The Bertz CT molecular complexity index is 847. The molecule has 156 valence electrons. The van der Waals surface area contributed by atoms with E-state index in [1.165, 1.54) is 6.07 Å². The number of piperidine rings is 1. The Balaban J connectivity index is 1.39.